The van der Waals surface area contributed by atoms with Crippen LogP contribution in [0.2, 0.25) is 0 Å². The molecule has 0 nitrogen and oxygen atoms in total. The Bertz CT molecular complexity index is 3.90. The second-order valence-electron chi connectivity index (χ2n) is 0. The summed E-state index contributed by atoms with van der Waals surface area (Å²) in [5.74, 6) is 0. The first kappa shape index (κ1) is 84.9. The molecule has 6 heteroatoms. The van der Waals surface area contributed by atoms with Crippen molar-refractivity contribution in [1.82, 2.24) is 0 Å². The second kappa shape index (κ2) is 55.5. The third kappa shape index (κ3) is 33.8. The Morgan fingerprint density at radius 3 is 0.333 bits per heavy atom. The average molecular weight is 307 g/mol. The van der Waals surface area contributed by atoms with Crippen LogP contribution in [-0.2, 0) is 0 Å². The molecule has 0 fully saturated rings. The Morgan fingerprint density at radius 1 is 0.333 bits per heavy atom. The fourth-order valence-electron chi connectivity index (χ4n) is 0. The summed E-state index contributed by atoms with van der Waals surface area (Å²) in [7, 11) is 0. The Kier molecular flexibility index (Phi) is 785. The molecule has 0 unspecified atom stereocenters. The van der Waals surface area contributed by atoms with Gasteiger partial charge in [0.2, 0.25) is 0 Å². The summed E-state index contributed by atoms with van der Waals surface area (Å²) in [5, 5.41) is 0. The molecule has 0 radical (unpaired) electrons. The topological polar surface area (TPSA) is 0 Å². The van der Waals surface area contributed by atoms with Crippen LogP contribution in [-0.4, -0.2) is 24.4 Å². The molecule has 0 amide bonds. The van der Waals surface area contributed by atoms with E-state index in [0.717, 1.165) is 0 Å². The zero-order valence-electron chi connectivity index (χ0n) is 2.75. The van der Waals surface area contributed by atoms with Gasteiger partial charge in [-0.15, -0.1) is 62.0 Å². The van der Waals surface area contributed by atoms with Gasteiger partial charge in [-0.2, -0.15) is 0 Å². The van der Waals surface area contributed by atoms with Crippen molar-refractivity contribution in [1.29, 1.82) is 0 Å². The molecule has 6 heavy (non-hydrogen) atoms. The number of halogens is 5. The molecule has 0 rings (SSSR count). The molecule has 0 saturated carbocycles. The molecule has 0 aromatic carbocycles. The van der Waals surface area contributed by atoms with Crippen molar-refractivity contribution in [2.24, 2.45) is 0 Å². The van der Waals surface area contributed by atoms with Crippen molar-refractivity contribution in [3.05, 3.63) is 0 Å². The van der Waals surface area contributed by atoms with Gasteiger partial charge in [0.25, 0.3) is 0 Å². The van der Waals surface area contributed by atoms with Gasteiger partial charge in [0.1, 0.15) is 0 Å². The number of hydrogen-bond acceptors (Lipinski definition) is 0. The van der Waals surface area contributed by atoms with Crippen LogP contribution in [0.25, 0.3) is 0 Å². The van der Waals surface area contributed by atoms with E-state index in [4.69, 9.17) is 0 Å². The molecule has 0 aliphatic heterocycles. The molecule has 48 valence electrons. The maximum atomic E-state index is 0. The molecule has 0 aliphatic carbocycles. The van der Waals surface area contributed by atoms with Gasteiger partial charge in [-0.05, 0) is 0 Å². The van der Waals surface area contributed by atoms with Gasteiger partial charge in [-0.25, -0.2) is 0 Å². The van der Waals surface area contributed by atoms with E-state index in [-0.39, 0.29) is 86.5 Å². The van der Waals surface area contributed by atoms with Crippen LogP contribution in [0.1, 0.15) is 0 Å². The van der Waals surface area contributed by atoms with E-state index in [1.165, 1.54) is 0 Å². The van der Waals surface area contributed by atoms with Crippen LogP contribution in [0, 0.1) is 0 Å². The first-order valence-electron chi connectivity index (χ1n) is 0. The minimum atomic E-state index is 0. The zero-order valence-corrected chi connectivity index (χ0v) is 10.9. The molecule has 0 aromatic rings. The van der Waals surface area contributed by atoms with Gasteiger partial charge in [-0.1, -0.05) is 0 Å². The summed E-state index contributed by atoms with van der Waals surface area (Å²) in [6, 6.07) is 0. The molecule has 0 bridgehead atoms. The molecular formula is H8Cl5Sb. The Labute approximate surface area is 85.7 Å². The van der Waals surface area contributed by atoms with Gasteiger partial charge >= 0.3 is 24.4 Å². The van der Waals surface area contributed by atoms with E-state index in [1.54, 1.807) is 0 Å². The fourth-order valence-corrected chi connectivity index (χ4v) is 0. The summed E-state index contributed by atoms with van der Waals surface area (Å²) in [6.07, 6.45) is 0. The molecular weight excluding hydrogens is 299 g/mol. The van der Waals surface area contributed by atoms with Gasteiger partial charge in [0.05, 0.1) is 0 Å². The van der Waals surface area contributed by atoms with E-state index in [0.29, 0.717) is 0 Å². The molecule has 0 aromatic heterocycles. The van der Waals surface area contributed by atoms with Gasteiger partial charge in [0, 0.05) is 0 Å². The summed E-state index contributed by atoms with van der Waals surface area (Å²) < 4.78 is 0. The summed E-state index contributed by atoms with van der Waals surface area (Å²) in [4.78, 5) is 0. The summed E-state index contributed by atoms with van der Waals surface area (Å²) in [5.41, 5.74) is 0. The number of rotatable bonds is 0. The molecule has 0 aliphatic rings. The Balaban J connectivity index is 0. The van der Waals surface area contributed by atoms with Crippen LogP contribution >= 0.6 is 62.0 Å². The van der Waals surface area contributed by atoms with Crippen molar-refractivity contribution in [2.45, 2.75) is 0 Å². The number of hydrogen-bond donors (Lipinski definition) is 0. The third-order valence-corrected chi connectivity index (χ3v) is 0. The standard InChI is InChI=1S/5ClH.Sb.3H/h5*1H;;;;. The van der Waals surface area contributed by atoms with E-state index in [1.807, 2.05) is 0 Å². The van der Waals surface area contributed by atoms with Gasteiger partial charge < -0.3 is 0 Å². The van der Waals surface area contributed by atoms with E-state index in [9.17, 15) is 0 Å². The fraction of sp³-hybridized carbons (Fsp3) is 0. The van der Waals surface area contributed by atoms with Crippen LogP contribution < -0.4 is 0 Å². The molecule has 0 heterocycles. The first-order valence-corrected chi connectivity index (χ1v) is 0. The van der Waals surface area contributed by atoms with Gasteiger partial charge in [-0.3, -0.25) is 0 Å². The predicted octanol–water partition coefficient (Wildman–Crippen LogP) is 0.925. The summed E-state index contributed by atoms with van der Waals surface area (Å²) in [6.45, 7) is 0. The van der Waals surface area contributed by atoms with Crippen molar-refractivity contribution >= 4 is 86.5 Å². The quantitative estimate of drug-likeness (QED) is 0.584. The van der Waals surface area contributed by atoms with Crippen LogP contribution in [0.4, 0.5) is 0 Å². The third-order valence-electron chi connectivity index (χ3n) is 0. The van der Waals surface area contributed by atoms with Crippen LogP contribution in [0.5, 0.6) is 0 Å². The predicted molar refractivity (Wildman–Crippen MR) is 46.2 cm³/mol. The average Bonchev–Trinajstić information content (AvgIpc) is 0. The van der Waals surface area contributed by atoms with E-state index in [2.05, 4.69) is 0 Å². The van der Waals surface area contributed by atoms with E-state index < -0.39 is 0 Å². The molecule has 0 spiro atoms. The van der Waals surface area contributed by atoms with Crippen molar-refractivity contribution in [2.75, 3.05) is 0 Å². The maximum absolute atomic E-state index is 0. The van der Waals surface area contributed by atoms with E-state index >= 15 is 0 Å². The van der Waals surface area contributed by atoms with Crippen molar-refractivity contribution in [3.8, 4) is 0 Å². The zero-order chi connectivity index (χ0) is 0. The van der Waals surface area contributed by atoms with Crippen molar-refractivity contribution < 1.29 is 0 Å². The normalized spacial score (nSPS) is 0. The molecule has 0 atom stereocenters. The SMILES string of the molecule is Cl.Cl.Cl.Cl.Cl.[SbH3]. The summed E-state index contributed by atoms with van der Waals surface area (Å²) >= 11 is 0. The Hall–Kier alpha value is 2.27. The first-order chi connectivity index (χ1) is 0. The van der Waals surface area contributed by atoms with Crippen LogP contribution in [0.3, 0.4) is 0 Å². The monoisotopic (exact) mass is 304 g/mol. The van der Waals surface area contributed by atoms with Crippen LogP contribution in [0.15, 0.2) is 0 Å². The van der Waals surface area contributed by atoms with Gasteiger partial charge in [0.15, 0.2) is 0 Å². The molecule has 0 saturated heterocycles. The van der Waals surface area contributed by atoms with Crippen molar-refractivity contribution in [3.63, 3.8) is 0 Å². The second-order valence-corrected chi connectivity index (χ2v) is 0. The molecule has 0 N–H and O–H groups in total. The Morgan fingerprint density at radius 2 is 0.333 bits per heavy atom. The minimum absolute atomic E-state index is 0.